The molecule has 5 nitrogen and oxygen atoms in total. The fourth-order valence-electron chi connectivity index (χ4n) is 3.29. The SMILES string of the molecule is Cc1ccccc1[C@@H](NC(=O)c1cc(C2CC2)nn1C)c1ccncc1. The quantitative estimate of drug-likeness (QED) is 0.769. The predicted molar refractivity (Wildman–Crippen MR) is 99.9 cm³/mol. The molecule has 1 aliphatic carbocycles. The molecular formula is C21H22N4O. The molecule has 132 valence electrons. The molecule has 5 heteroatoms. The maximum Gasteiger partial charge on any atom is 0.270 e. The van der Waals surface area contributed by atoms with Crippen LogP contribution in [0.4, 0.5) is 0 Å². The van der Waals surface area contributed by atoms with Crippen molar-refractivity contribution in [3.8, 4) is 0 Å². The zero-order valence-electron chi connectivity index (χ0n) is 15.0. The van der Waals surface area contributed by atoms with Crippen LogP contribution in [0.5, 0.6) is 0 Å². The average Bonchev–Trinajstić information content (AvgIpc) is 3.43. The van der Waals surface area contributed by atoms with Crippen molar-refractivity contribution in [2.75, 3.05) is 0 Å². The van der Waals surface area contributed by atoms with Crippen LogP contribution in [-0.4, -0.2) is 20.7 Å². The van der Waals surface area contributed by atoms with Gasteiger partial charge in [0.15, 0.2) is 0 Å². The second-order valence-electron chi connectivity index (χ2n) is 6.90. The molecule has 1 aromatic carbocycles. The Morgan fingerprint density at radius 3 is 2.62 bits per heavy atom. The first kappa shape index (κ1) is 16.5. The lowest BCUT2D eigenvalue weighted by Gasteiger charge is -2.21. The van der Waals surface area contributed by atoms with Crippen LogP contribution in [0.1, 0.15) is 57.7 Å². The number of pyridine rings is 1. The van der Waals surface area contributed by atoms with Crippen LogP contribution in [0.25, 0.3) is 0 Å². The van der Waals surface area contributed by atoms with E-state index in [1.165, 1.54) is 12.8 Å². The summed E-state index contributed by atoms with van der Waals surface area (Å²) in [4.78, 5) is 17.1. The van der Waals surface area contributed by atoms with Gasteiger partial charge in [0, 0.05) is 25.4 Å². The van der Waals surface area contributed by atoms with Crippen molar-refractivity contribution in [1.29, 1.82) is 0 Å². The molecule has 1 atom stereocenters. The number of aryl methyl sites for hydroxylation is 2. The first-order chi connectivity index (χ1) is 12.6. The summed E-state index contributed by atoms with van der Waals surface area (Å²) in [7, 11) is 1.83. The van der Waals surface area contributed by atoms with E-state index in [4.69, 9.17) is 0 Å². The fraction of sp³-hybridized carbons (Fsp3) is 0.286. The summed E-state index contributed by atoms with van der Waals surface area (Å²) in [5, 5.41) is 7.70. The van der Waals surface area contributed by atoms with Gasteiger partial charge in [-0.15, -0.1) is 0 Å². The minimum absolute atomic E-state index is 0.114. The van der Waals surface area contributed by atoms with E-state index in [9.17, 15) is 4.79 Å². The van der Waals surface area contributed by atoms with Crippen molar-refractivity contribution in [2.24, 2.45) is 7.05 Å². The molecule has 4 rings (SSSR count). The second kappa shape index (κ2) is 6.75. The van der Waals surface area contributed by atoms with Gasteiger partial charge in [-0.2, -0.15) is 5.10 Å². The van der Waals surface area contributed by atoms with Gasteiger partial charge in [0.1, 0.15) is 5.69 Å². The van der Waals surface area contributed by atoms with E-state index in [0.29, 0.717) is 11.6 Å². The minimum atomic E-state index is -0.231. The van der Waals surface area contributed by atoms with Crippen LogP contribution >= 0.6 is 0 Å². The molecule has 1 amide bonds. The molecule has 1 aliphatic rings. The topological polar surface area (TPSA) is 59.8 Å². The van der Waals surface area contributed by atoms with Gasteiger partial charge < -0.3 is 5.32 Å². The van der Waals surface area contributed by atoms with Gasteiger partial charge in [0.2, 0.25) is 0 Å². The van der Waals surface area contributed by atoms with Gasteiger partial charge in [-0.1, -0.05) is 24.3 Å². The van der Waals surface area contributed by atoms with E-state index in [1.807, 2.05) is 37.4 Å². The summed E-state index contributed by atoms with van der Waals surface area (Å²) in [6.45, 7) is 2.06. The Bertz CT molecular complexity index is 928. The zero-order chi connectivity index (χ0) is 18.1. The van der Waals surface area contributed by atoms with Crippen molar-refractivity contribution in [1.82, 2.24) is 20.1 Å². The second-order valence-corrected chi connectivity index (χ2v) is 6.90. The number of nitrogens with zero attached hydrogens (tertiary/aromatic N) is 3. The van der Waals surface area contributed by atoms with Crippen LogP contribution < -0.4 is 5.32 Å². The largest absolute Gasteiger partial charge is 0.340 e. The Kier molecular flexibility index (Phi) is 4.29. The lowest BCUT2D eigenvalue weighted by molar-refractivity contribution is 0.0933. The number of hydrogen-bond donors (Lipinski definition) is 1. The van der Waals surface area contributed by atoms with Gasteiger partial charge in [0.25, 0.3) is 5.91 Å². The summed E-state index contributed by atoms with van der Waals surface area (Å²) < 4.78 is 1.68. The molecule has 0 aliphatic heterocycles. The van der Waals surface area contributed by atoms with E-state index in [2.05, 4.69) is 34.5 Å². The summed E-state index contributed by atoms with van der Waals surface area (Å²) in [5.41, 5.74) is 4.84. The molecule has 0 saturated heterocycles. The molecule has 1 saturated carbocycles. The van der Waals surface area contributed by atoms with Gasteiger partial charge in [-0.25, -0.2) is 0 Å². The molecule has 0 bridgehead atoms. The van der Waals surface area contributed by atoms with E-state index >= 15 is 0 Å². The van der Waals surface area contributed by atoms with Crippen molar-refractivity contribution in [3.05, 3.63) is 82.9 Å². The minimum Gasteiger partial charge on any atom is -0.340 e. The standard InChI is InChI=1S/C21H22N4O/c1-14-5-3-4-6-17(14)20(16-9-11-22-12-10-16)23-21(26)19-13-18(15-7-8-15)24-25(19)2/h3-6,9-13,15,20H,7-8H2,1-2H3,(H,23,26)/t20-/m0/s1. The number of carbonyl (C=O) groups excluding carboxylic acids is 1. The number of aromatic nitrogens is 3. The van der Waals surface area contributed by atoms with Crippen molar-refractivity contribution in [3.63, 3.8) is 0 Å². The smallest absolute Gasteiger partial charge is 0.270 e. The summed E-state index contributed by atoms with van der Waals surface area (Å²) >= 11 is 0. The highest BCUT2D eigenvalue weighted by atomic mass is 16.2. The van der Waals surface area contributed by atoms with Gasteiger partial charge in [-0.05, 0) is 54.7 Å². The summed E-state index contributed by atoms with van der Waals surface area (Å²) in [5.74, 6) is 0.409. The van der Waals surface area contributed by atoms with Crippen LogP contribution in [0, 0.1) is 6.92 Å². The summed E-state index contributed by atoms with van der Waals surface area (Å²) in [6, 6.07) is 13.7. The zero-order valence-corrected chi connectivity index (χ0v) is 15.0. The van der Waals surface area contributed by atoms with E-state index in [1.54, 1.807) is 17.1 Å². The Labute approximate surface area is 153 Å². The lowest BCUT2D eigenvalue weighted by Crippen LogP contribution is -2.31. The Morgan fingerprint density at radius 1 is 1.19 bits per heavy atom. The van der Waals surface area contributed by atoms with Gasteiger partial charge in [-0.3, -0.25) is 14.5 Å². The molecule has 2 aromatic heterocycles. The average molecular weight is 346 g/mol. The maximum atomic E-state index is 13.0. The predicted octanol–water partition coefficient (Wildman–Crippen LogP) is 3.52. The number of nitrogens with one attached hydrogen (secondary N) is 1. The van der Waals surface area contributed by atoms with E-state index in [0.717, 1.165) is 22.4 Å². The molecule has 3 aromatic rings. The maximum absolute atomic E-state index is 13.0. The Morgan fingerprint density at radius 2 is 1.92 bits per heavy atom. The van der Waals surface area contributed by atoms with Gasteiger partial charge >= 0.3 is 0 Å². The first-order valence-electron chi connectivity index (χ1n) is 8.93. The molecule has 1 fully saturated rings. The normalized spacial score (nSPS) is 14.8. The highest BCUT2D eigenvalue weighted by Gasteiger charge is 2.29. The first-order valence-corrected chi connectivity index (χ1v) is 8.93. The third kappa shape index (κ3) is 3.25. The molecular weight excluding hydrogens is 324 g/mol. The molecule has 26 heavy (non-hydrogen) atoms. The summed E-state index contributed by atoms with van der Waals surface area (Å²) in [6.07, 6.45) is 5.84. The van der Waals surface area contributed by atoms with Crippen LogP contribution in [0.15, 0.2) is 54.9 Å². The van der Waals surface area contributed by atoms with Crippen LogP contribution in [0.3, 0.4) is 0 Å². The molecule has 0 spiro atoms. The molecule has 0 unspecified atom stereocenters. The Hall–Kier alpha value is -2.95. The van der Waals surface area contributed by atoms with Crippen molar-refractivity contribution < 1.29 is 4.79 Å². The number of carbonyl (C=O) groups is 1. The van der Waals surface area contributed by atoms with Crippen LogP contribution in [-0.2, 0) is 7.05 Å². The third-order valence-corrected chi connectivity index (χ3v) is 4.94. The fourth-order valence-corrected chi connectivity index (χ4v) is 3.29. The monoisotopic (exact) mass is 346 g/mol. The Balaban J connectivity index is 1.67. The van der Waals surface area contributed by atoms with Crippen molar-refractivity contribution >= 4 is 5.91 Å². The molecule has 2 heterocycles. The van der Waals surface area contributed by atoms with Gasteiger partial charge in [0.05, 0.1) is 11.7 Å². The van der Waals surface area contributed by atoms with E-state index in [-0.39, 0.29) is 11.9 Å². The number of benzene rings is 1. The molecule has 1 N–H and O–H groups in total. The third-order valence-electron chi connectivity index (χ3n) is 4.94. The highest BCUT2D eigenvalue weighted by molar-refractivity contribution is 5.93. The van der Waals surface area contributed by atoms with Crippen LogP contribution in [0.2, 0.25) is 0 Å². The highest BCUT2D eigenvalue weighted by Crippen LogP contribution is 2.39. The number of rotatable bonds is 5. The number of amides is 1. The van der Waals surface area contributed by atoms with E-state index < -0.39 is 0 Å². The number of hydrogen-bond acceptors (Lipinski definition) is 3. The van der Waals surface area contributed by atoms with Crippen molar-refractivity contribution in [2.45, 2.75) is 31.7 Å². The lowest BCUT2D eigenvalue weighted by atomic mass is 9.95. The molecule has 0 radical (unpaired) electrons.